The number of halogens is 2. The average Bonchev–Trinajstić information content (AvgIpc) is 3.54. The fourth-order valence-electron chi connectivity index (χ4n) is 4.28. The number of nitrogens with one attached hydrogen (secondary N) is 3. The fourth-order valence-corrected chi connectivity index (χ4v) is 4.28. The van der Waals surface area contributed by atoms with Gasteiger partial charge in [-0.25, -0.2) is 13.8 Å². The van der Waals surface area contributed by atoms with Gasteiger partial charge in [0.1, 0.15) is 17.2 Å². The van der Waals surface area contributed by atoms with Gasteiger partial charge in [0.25, 0.3) is 0 Å². The van der Waals surface area contributed by atoms with Gasteiger partial charge in [-0.15, -0.1) is 0 Å². The minimum Gasteiger partial charge on any atom is -0.337 e. The quantitative estimate of drug-likeness (QED) is 0.277. The standard InChI is InChI=1S/C27H19F2N7O/c1-2-21(37)32-15-10-14(11-30-12-15)24-23(29)22-20(13-31-24)35-36-26(22)27-33-19-9-5-7-17(25(19)34-27)16-6-3-4-8-18(16)28/h3-13H,2H2,1H3,(H,32,37)(H,33,34)(H,35,36). The highest BCUT2D eigenvalue weighted by Crippen LogP contribution is 2.35. The van der Waals surface area contributed by atoms with Crippen LogP contribution in [0.3, 0.4) is 0 Å². The van der Waals surface area contributed by atoms with Crippen molar-refractivity contribution in [1.82, 2.24) is 30.1 Å². The smallest absolute Gasteiger partial charge is 0.224 e. The van der Waals surface area contributed by atoms with E-state index in [0.717, 1.165) is 0 Å². The van der Waals surface area contributed by atoms with Gasteiger partial charge in [-0.2, -0.15) is 5.10 Å². The van der Waals surface area contributed by atoms with Crippen molar-refractivity contribution >= 4 is 33.5 Å². The van der Waals surface area contributed by atoms with E-state index in [1.807, 2.05) is 6.07 Å². The molecule has 0 spiro atoms. The van der Waals surface area contributed by atoms with Crippen LogP contribution in [0.2, 0.25) is 0 Å². The van der Waals surface area contributed by atoms with E-state index in [1.165, 1.54) is 24.7 Å². The maximum atomic E-state index is 15.9. The Morgan fingerprint density at radius 2 is 1.81 bits per heavy atom. The van der Waals surface area contributed by atoms with Gasteiger partial charge in [-0.3, -0.25) is 19.9 Å². The van der Waals surface area contributed by atoms with Gasteiger partial charge in [0.05, 0.1) is 40.0 Å². The monoisotopic (exact) mass is 495 g/mol. The number of aromatic nitrogens is 6. The van der Waals surface area contributed by atoms with Crippen molar-refractivity contribution in [1.29, 1.82) is 0 Å². The molecule has 8 nitrogen and oxygen atoms in total. The highest BCUT2D eigenvalue weighted by atomic mass is 19.1. The minimum atomic E-state index is -0.614. The van der Waals surface area contributed by atoms with Crippen molar-refractivity contribution < 1.29 is 13.6 Å². The first kappa shape index (κ1) is 22.5. The summed E-state index contributed by atoms with van der Waals surface area (Å²) in [7, 11) is 0. The summed E-state index contributed by atoms with van der Waals surface area (Å²) < 4.78 is 30.4. The molecule has 10 heteroatoms. The molecule has 0 saturated heterocycles. The lowest BCUT2D eigenvalue weighted by Crippen LogP contribution is -2.09. The molecular weight excluding hydrogens is 476 g/mol. The van der Waals surface area contributed by atoms with Gasteiger partial charge in [-0.05, 0) is 18.2 Å². The summed E-state index contributed by atoms with van der Waals surface area (Å²) in [6, 6.07) is 13.5. The Morgan fingerprint density at radius 3 is 2.65 bits per heavy atom. The van der Waals surface area contributed by atoms with Crippen molar-refractivity contribution in [2.45, 2.75) is 13.3 Å². The molecule has 6 rings (SSSR count). The first-order valence-electron chi connectivity index (χ1n) is 11.6. The van der Waals surface area contributed by atoms with E-state index < -0.39 is 5.82 Å². The second-order valence-electron chi connectivity index (χ2n) is 8.41. The van der Waals surface area contributed by atoms with Crippen molar-refractivity contribution in [3.8, 4) is 33.9 Å². The van der Waals surface area contributed by atoms with Crippen LogP contribution in [0.4, 0.5) is 14.5 Å². The summed E-state index contributed by atoms with van der Waals surface area (Å²) >= 11 is 0. The molecular formula is C27H19F2N7O. The first-order chi connectivity index (χ1) is 18.0. The SMILES string of the molecule is CCC(=O)Nc1cncc(-c2ncc3[nH]nc(-c4nc5c(-c6ccccc6F)cccc5[nH]4)c3c2F)c1. The topological polar surface area (TPSA) is 112 Å². The zero-order valence-corrected chi connectivity index (χ0v) is 19.5. The highest BCUT2D eigenvalue weighted by Gasteiger charge is 2.21. The number of amides is 1. The van der Waals surface area contributed by atoms with Crippen molar-refractivity contribution in [2.75, 3.05) is 5.32 Å². The van der Waals surface area contributed by atoms with Gasteiger partial charge in [0, 0.05) is 29.3 Å². The first-order valence-corrected chi connectivity index (χ1v) is 11.6. The Kier molecular flexibility index (Phi) is 5.41. The molecule has 4 aromatic heterocycles. The van der Waals surface area contributed by atoms with Gasteiger partial charge < -0.3 is 10.3 Å². The maximum Gasteiger partial charge on any atom is 0.224 e. The lowest BCUT2D eigenvalue weighted by Gasteiger charge is -2.07. The summed E-state index contributed by atoms with van der Waals surface area (Å²) in [5, 5.41) is 10.0. The Bertz CT molecular complexity index is 1810. The van der Waals surface area contributed by atoms with Gasteiger partial charge >= 0.3 is 0 Å². The van der Waals surface area contributed by atoms with Crippen LogP contribution in [0, 0.1) is 11.6 Å². The molecule has 0 aliphatic heterocycles. The van der Waals surface area contributed by atoms with E-state index >= 15 is 4.39 Å². The predicted octanol–water partition coefficient (Wildman–Crippen LogP) is 5.86. The van der Waals surface area contributed by atoms with Crippen LogP contribution in [0.25, 0.3) is 55.8 Å². The molecule has 0 radical (unpaired) electrons. The Hall–Kier alpha value is -4.99. The molecule has 0 unspecified atom stereocenters. The van der Waals surface area contributed by atoms with Crippen LogP contribution in [-0.2, 0) is 4.79 Å². The number of rotatable bonds is 5. The second-order valence-corrected chi connectivity index (χ2v) is 8.41. The minimum absolute atomic E-state index is 0.0541. The van der Waals surface area contributed by atoms with Crippen molar-refractivity contribution in [2.24, 2.45) is 0 Å². The Balaban J connectivity index is 1.48. The number of pyridine rings is 2. The number of fused-ring (bicyclic) bond motifs is 2. The third kappa shape index (κ3) is 3.88. The van der Waals surface area contributed by atoms with E-state index in [9.17, 15) is 9.18 Å². The number of anilines is 1. The summed E-state index contributed by atoms with van der Waals surface area (Å²) in [6.07, 6.45) is 4.74. The van der Waals surface area contributed by atoms with E-state index in [4.69, 9.17) is 0 Å². The largest absolute Gasteiger partial charge is 0.337 e. The molecule has 0 atom stereocenters. The molecule has 0 saturated carbocycles. The molecule has 4 heterocycles. The van der Waals surface area contributed by atoms with Crippen LogP contribution < -0.4 is 5.32 Å². The molecule has 182 valence electrons. The highest BCUT2D eigenvalue weighted by molar-refractivity contribution is 5.98. The molecule has 1 amide bonds. The molecule has 0 aliphatic rings. The lowest BCUT2D eigenvalue weighted by molar-refractivity contribution is -0.115. The third-order valence-electron chi connectivity index (χ3n) is 6.06. The molecule has 0 aliphatic carbocycles. The van der Waals surface area contributed by atoms with Crippen LogP contribution in [0.5, 0.6) is 0 Å². The summed E-state index contributed by atoms with van der Waals surface area (Å²) in [4.78, 5) is 28.0. The van der Waals surface area contributed by atoms with Crippen LogP contribution in [-0.4, -0.2) is 36.0 Å². The number of carbonyl (C=O) groups is 1. The van der Waals surface area contributed by atoms with E-state index in [0.29, 0.717) is 51.2 Å². The van der Waals surface area contributed by atoms with Crippen molar-refractivity contribution in [3.05, 3.63) is 78.8 Å². The zero-order valence-electron chi connectivity index (χ0n) is 19.5. The number of para-hydroxylation sites is 1. The number of imidazole rings is 1. The number of hydrogen-bond donors (Lipinski definition) is 3. The summed E-state index contributed by atoms with van der Waals surface area (Å²) in [6.45, 7) is 1.74. The predicted molar refractivity (Wildman–Crippen MR) is 136 cm³/mol. The number of benzene rings is 2. The zero-order chi connectivity index (χ0) is 25.5. The molecule has 37 heavy (non-hydrogen) atoms. The molecule has 2 aromatic carbocycles. The van der Waals surface area contributed by atoms with Gasteiger partial charge in [0.2, 0.25) is 5.91 Å². The second kappa shape index (κ2) is 8.90. The lowest BCUT2D eigenvalue weighted by atomic mass is 10.0. The molecule has 3 N–H and O–H groups in total. The Morgan fingerprint density at radius 1 is 0.973 bits per heavy atom. The molecule has 0 bridgehead atoms. The van der Waals surface area contributed by atoms with Crippen LogP contribution >= 0.6 is 0 Å². The number of nitrogens with zero attached hydrogens (tertiary/aromatic N) is 4. The number of aromatic amines is 2. The fraction of sp³-hybridized carbons (Fsp3) is 0.0741. The maximum absolute atomic E-state index is 15.9. The summed E-state index contributed by atoms with van der Waals surface area (Å²) in [5.41, 5.74) is 3.75. The summed E-state index contributed by atoms with van der Waals surface area (Å²) in [5.74, 6) is -0.836. The van der Waals surface area contributed by atoms with Crippen LogP contribution in [0.1, 0.15) is 13.3 Å². The number of carbonyl (C=O) groups excluding carboxylic acids is 1. The van der Waals surface area contributed by atoms with Gasteiger partial charge in [0.15, 0.2) is 11.6 Å². The number of hydrogen-bond acceptors (Lipinski definition) is 5. The van der Waals surface area contributed by atoms with E-state index in [-0.39, 0.29) is 28.5 Å². The normalized spacial score (nSPS) is 11.3. The molecule has 6 aromatic rings. The molecule has 0 fully saturated rings. The average molecular weight is 495 g/mol. The van der Waals surface area contributed by atoms with E-state index in [1.54, 1.807) is 43.3 Å². The Labute approximate surface area is 208 Å². The van der Waals surface area contributed by atoms with Crippen LogP contribution in [0.15, 0.2) is 67.1 Å². The van der Waals surface area contributed by atoms with Crippen molar-refractivity contribution in [3.63, 3.8) is 0 Å². The van der Waals surface area contributed by atoms with E-state index in [2.05, 4.69) is 35.5 Å². The third-order valence-corrected chi connectivity index (χ3v) is 6.06. The number of H-pyrrole nitrogens is 2. The van der Waals surface area contributed by atoms with Gasteiger partial charge in [-0.1, -0.05) is 37.3 Å².